The van der Waals surface area contributed by atoms with Gasteiger partial charge in [0.25, 0.3) is 0 Å². The maximum Gasteiger partial charge on any atom is 0.191 e. The summed E-state index contributed by atoms with van der Waals surface area (Å²) in [6.45, 7) is 6.89. The van der Waals surface area contributed by atoms with Gasteiger partial charge in [0, 0.05) is 36.3 Å². The summed E-state index contributed by atoms with van der Waals surface area (Å²) in [6, 6.07) is 10.7. The van der Waals surface area contributed by atoms with Crippen LogP contribution in [0.15, 0.2) is 50.6 Å². The molecule has 1 saturated heterocycles. The second-order valence-electron chi connectivity index (χ2n) is 6.28. The van der Waals surface area contributed by atoms with E-state index in [1.807, 2.05) is 0 Å². The average molecular weight is 421 g/mol. The van der Waals surface area contributed by atoms with Crippen LogP contribution in [0.4, 0.5) is 5.69 Å². The molecular weight excluding hydrogens is 396 g/mol. The van der Waals surface area contributed by atoms with Gasteiger partial charge in [-0.15, -0.1) is 0 Å². The summed E-state index contributed by atoms with van der Waals surface area (Å²) in [5, 5.41) is 11.1. The molecule has 1 aromatic carbocycles. The first-order valence-corrected chi connectivity index (χ1v) is 10.5. The monoisotopic (exact) mass is 420 g/mol. The number of guanidine groups is 1. The van der Waals surface area contributed by atoms with Gasteiger partial charge in [-0.05, 0) is 65.9 Å². The van der Waals surface area contributed by atoms with Gasteiger partial charge < -0.3 is 15.5 Å². The van der Waals surface area contributed by atoms with Crippen LogP contribution in [0, 0.1) is 5.92 Å². The molecule has 0 aliphatic carbocycles. The Labute approximate surface area is 162 Å². The molecule has 0 spiro atoms. The Bertz CT molecular complexity index is 669. The molecule has 1 aliphatic rings. The van der Waals surface area contributed by atoms with E-state index in [4.69, 9.17) is 0 Å². The number of thiophene rings is 1. The van der Waals surface area contributed by atoms with E-state index in [1.54, 1.807) is 11.3 Å². The van der Waals surface area contributed by atoms with Gasteiger partial charge in [-0.1, -0.05) is 15.9 Å². The largest absolute Gasteiger partial charge is 0.371 e. The van der Waals surface area contributed by atoms with Crippen molar-refractivity contribution in [2.45, 2.75) is 19.9 Å². The number of nitrogens with one attached hydrogen (secondary N) is 2. The first-order valence-electron chi connectivity index (χ1n) is 8.78. The average Bonchev–Trinajstić information content (AvgIpc) is 3.30. The lowest BCUT2D eigenvalue weighted by atomic mass is 10.1. The predicted octanol–water partition coefficient (Wildman–Crippen LogP) is 4.09. The second-order valence-corrected chi connectivity index (χ2v) is 7.98. The molecular formula is C19H25BrN4S. The van der Waals surface area contributed by atoms with Crippen LogP contribution in [0.1, 0.15) is 18.9 Å². The molecule has 4 nitrogen and oxygen atoms in total. The summed E-state index contributed by atoms with van der Waals surface area (Å²) >= 11 is 5.22. The number of halogens is 1. The van der Waals surface area contributed by atoms with Crippen molar-refractivity contribution in [3.05, 3.63) is 51.1 Å². The molecule has 2 aromatic rings. The molecule has 6 heteroatoms. The lowest BCUT2D eigenvalue weighted by Crippen LogP contribution is -2.40. The van der Waals surface area contributed by atoms with Crippen LogP contribution < -0.4 is 15.5 Å². The number of nitrogens with zero attached hydrogens (tertiary/aromatic N) is 2. The van der Waals surface area contributed by atoms with Crippen molar-refractivity contribution in [2.75, 3.05) is 31.1 Å². The van der Waals surface area contributed by atoms with E-state index in [0.29, 0.717) is 5.92 Å². The van der Waals surface area contributed by atoms with Gasteiger partial charge in [-0.2, -0.15) is 11.3 Å². The highest BCUT2D eigenvalue weighted by Gasteiger charge is 2.22. The summed E-state index contributed by atoms with van der Waals surface area (Å²) in [5.74, 6) is 1.56. The third-order valence-corrected chi connectivity index (χ3v) is 5.64. The molecule has 1 aromatic heterocycles. The molecule has 1 fully saturated rings. The predicted molar refractivity (Wildman–Crippen MR) is 112 cm³/mol. The van der Waals surface area contributed by atoms with E-state index in [2.05, 4.69) is 84.5 Å². The smallest absolute Gasteiger partial charge is 0.191 e. The van der Waals surface area contributed by atoms with Crippen molar-refractivity contribution in [3.63, 3.8) is 0 Å². The van der Waals surface area contributed by atoms with Crippen molar-refractivity contribution in [1.29, 1.82) is 0 Å². The fraction of sp³-hybridized carbons (Fsp3) is 0.421. The fourth-order valence-corrected chi connectivity index (χ4v) is 3.95. The van der Waals surface area contributed by atoms with Crippen molar-refractivity contribution in [3.8, 4) is 0 Å². The van der Waals surface area contributed by atoms with Crippen LogP contribution in [-0.2, 0) is 6.54 Å². The van der Waals surface area contributed by atoms with Crippen molar-refractivity contribution in [1.82, 2.24) is 10.6 Å². The summed E-state index contributed by atoms with van der Waals surface area (Å²) in [7, 11) is 0. The highest BCUT2D eigenvalue weighted by atomic mass is 79.9. The van der Waals surface area contributed by atoms with Gasteiger partial charge in [0.2, 0.25) is 0 Å². The number of anilines is 1. The molecule has 1 unspecified atom stereocenters. The summed E-state index contributed by atoms with van der Waals surface area (Å²) in [6.07, 6.45) is 1.22. The Kier molecular flexibility index (Phi) is 6.76. The lowest BCUT2D eigenvalue weighted by Gasteiger charge is -2.19. The molecule has 0 saturated carbocycles. The Morgan fingerprint density at radius 3 is 2.84 bits per heavy atom. The molecule has 1 aliphatic heterocycles. The lowest BCUT2D eigenvalue weighted by molar-refractivity contribution is 0.566. The Balaban J connectivity index is 1.49. The van der Waals surface area contributed by atoms with E-state index in [-0.39, 0.29) is 0 Å². The van der Waals surface area contributed by atoms with E-state index in [9.17, 15) is 0 Å². The van der Waals surface area contributed by atoms with Crippen LogP contribution in [-0.4, -0.2) is 32.1 Å². The molecule has 3 rings (SSSR count). The second kappa shape index (κ2) is 9.25. The van der Waals surface area contributed by atoms with Gasteiger partial charge in [0.05, 0.1) is 6.54 Å². The molecule has 134 valence electrons. The first kappa shape index (κ1) is 18.3. The van der Waals surface area contributed by atoms with Gasteiger partial charge in [0.15, 0.2) is 5.96 Å². The summed E-state index contributed by atoms with van der Waals surface area (Å²) in [5.41, 5.74) is 2.58. The first-order chi connectivity index (χ1) is 12.2. The van der Waals surface area contributed by atoms with Crippen LogP contribution in [0.2, 0.25) is 0 Å². The third kappa shape index (κ3) is 5.47. The topological polar surface area (TPSA) is 39.7 Å². The zero-order chi connectivity index (χ0) is 17.5. The maximum atomic E-state index is 4.69. The quantitative estimate of drug-likeness (QED) is 0.545. The number of benzene rings is 1. The van der Waals surface area contributed by atoms with Crippen LogP contribution in [0.3, 0.4) is 0 Å². The molecule has 2 heterocycles. The number of aliphatic imine (C=N–C) groups is 1. The van der Waals surface area contributed by atoms with Gasteiger partial charge in [0.1, 0.15) is 0 Å². The van der Waals surface area contributed by atoms with Crippen molar-refractivity contribution < 1.29 is 0 Å². The van der Waals surface area contributed by atoms with Crippen LogP contribution in [0.25, 0.3) is 0 Å². The van der Waals surface area contributed by atoms with E-state index in [0.717, 1.165) is 43.2 Å². The SMILES string of the molecule is CCNC(=NCc1ccsc1)NCC1CCN(c2ccc(Br)cc2)C1. The third-order valence-electron chi connectivity index (χ3n) is 4.38. The zero-order valence-corrected chi connectivity index (χ0v) is 16.9. The highest BCUT2D eigenvalue weighted by Crippen LogP contribution is 2.24. The van der Waals surface area contributed by atoms with E-state index >= 15 is 0 Å². The highest BCUT2D eigenvalue weighted by molar-refractivity contribution is 9.10. The van der Waals surface area contributed by atoms with Gasteiger partial charge >= 0.3 is 0 Å². The Morgan fingerprint density at radius 1 is 1.28 bits per heavy atom. The fourth-order valence-electron chi connectivity index (χ4n) is 3.02. The van der Waals surface area contributed by atoms with Crippen LogP contribution >= 0.6 is 27.3 Å². The normalized spacial score (nSPS) is 17.8. The Hall–Kier alpha value is -1.53. The maximum absolute atomic E-state index is 4.69. The summed E-state index contributed by atoms with van der Waals surface area (Å²) < 4.78 is 1.13. The number of hydrogen-bond acceptors (Lipinski definition) is 3. The number of hydrogen-bond donors (Lipinski definition) is 2. The van der Waals surface area contributed by atoms with E-state index in [1.165, 1.54) is 17.7 Å². The number of rotatable bonds is 6. The zero-order valence-electron chi connectivity index (χ0n) is 14.5. The van der Waals surface area contributed by atoms with Gasteiger partial charge in [-0.3, -0.25) is 0 Å². The molecule has 25 heavy (non-hydrogen) atoms. The van der Waals surface area contributed by atoms with Gasteiger partial charge in [-0.25, -0.2) is 4.99 Å². The minimum Gasteiger partial charge on any atom is -0.371 e. The minimum absolute atomic E-state index is 0.647. The molecule has 0 bridgehead atoms. The summed E-state index contributed by atoms with van der Waals surface area (Å²) in [4.78, 5) is 7.15. The minimum atomic E-state index is 0.647. The van der Waals surface area contributed by atoms with Crippen molar-refractivity contribution in [2.24, 2.45) is 10.9 Å². The van der Waals surface area contributed by atoms with E-state index < -0.39 is 0 Å². The molecule has 2 N–H and O–H groups in total. The molecule has 1 atom stereocenters. The molecule has 0 amide bonds. The Morgan fingerprint density at radius 2 is 2.12 bits per heavy atom. The van der Waals surface area contributed by atoms with Crippen LogP contribution in [0.5, 0.6) is 0 Å². The standard InChI is InChI=1S/C19H25BrN4S/c1-2-21-19(23-12-16-8-10-25-14-16)22-11-15-7-9-24(13-15)18-5-3-17(20)4-6-18/h3-6,8,10,14-15H,2,7,9,11-13H2,1H3,(H2,21,22,23). The van der Waals surface area contributed by atoms with Crippen molar-refractivity contribution >= 4 is 38.9 Å². The molecule has 0 radical (unpaired) electrons.